The van der Waals surface area contributed by atoms with Crippen molar-refractivity contribution < 1.29 is 10.0 Å². The molecule has 6 nitrogen and oxygen atoms in total. The molecule has 0 bridgehead atoms. The van der Waals surface area contributed by atoms with Crippen LogP contribution < -0.4 is 11.1 Å². The zero-order valence-electron chi connectivity index (χ0n) is 8.66. The van der Waals surface area contributed by atoms with Gasteiger partial charge in [-0.25, -0.2) is 0 Å². The van der Waals surface area contributed by atoms with E-state index in [-0.39, 0.29) is 11.7 Å². The third kappa shape index (κ3) is 6.24. The molecule has 0 aliphatic carbocycles. The van der Waals surface area contributed by atoms with Gasteiger partial charge in [-0.1, -0.05) is 5.16 Å². The molecule has 0 aromatic rings. The largest absolute Gasteiger partial charge is 0.409 e. The Hall–Kier alpha value is -1.30. The fraction of sp³-hybridized carbons (Fsp3) is 0.750. The van der Waals surface area contributed by atoms with Crippen molar-refractivity contribution in [3.05, 3.63) is 0 Å². The zero-order valence-corrected chi connectivity index (χ0v) is 8.66. The van der Waals surface area contributed by atoms with E-state index in [0.29, 0.717) is 25.9 Å². The van der Waals surface area contributed by atoms with E-state index >= 15 is 0 Å². The molecule has 0 saturated carbocycles. The standard InChI is InChI=1S/C8H18N4O2/c1-12(2)8(13)4-6-10-5-3-7(9)11-14/h10,14H,3-6H2,1-2H3,(H2,9,11). The summed E-state index contributed by atoms with van der Waals surface area (Å²) in [5.74, 6) is 0.276. The van der Waals surface area contributed by atoms with E-state index in [2.05, 4.69) is 10.5 Å². The van der Waals surface area contributed by atoms with E-state index < -0.39 is 0 Å². The smallest absolute Gasteiger partial charge is 0.223 e. The number of nitrogens with zero attached hydrogens (tertiary/aromatic N) is 2. The maximum Gasteiger partial charge on any atom is 0.223 e. The maximum absolute atomic E-state index is 11.1. The van der Waals surface area contributed by atoms with Gasteiger partial charge in [0, 0.05) is 40.0 Å². The van der Waals surface area contributed by atoms with Gasteiger partial charge in [0.15, 0.2) is 0 Å². The second-order valence-corrected chi connectivity index (χ2v) is 3.13. The molecule has 0 fully saturated rings. The first-order valence-electron chi connectivity index (χ1n) is 4.45. The van der Waals surface area contributed by atoms with Gasteiger partial charge in [0.25, 0.3) is 0 Å². The highest BCUT2D eigenvalue weighted by atomic mass is 16.4. The Labute approximate surface area is 83.7 Å². The van der Waals surface area contributed by atoms with Crippen molar-refractivity contribution in [2.24, 2.45) is 10.9 Å². The number of rotatable bonds is 6. The molecule has 14 heavy (non-hydrogen) atoms. The molecule has 0 aliphatic heterocycles. The van der Waals surface area contributed by atoms with Gasteiger partial charge in [0.1, 0.15) is 5.84 Å². The Balaban J connectivity index is 3.35. The maximum atomic E-state index is 11.1. The van der Waals surface area contributed by atoms with Gasteiger partial charge in [-0.15, -0.1) is 0 Å². The van der Waals surface area contributed by atoms with E-state index in [1.807, 2.05) is 0 Å². The molecule has 6 heteroatoms. The quantitative estimate of drug-likeness (QED) is 0.173. The average molecular weight is 202 g/mol. The molecule has 0 aromatic heterocycles. The van der Waals surface area contributed by atoms with Crippen molar-refractivity contribution in [3.63, 3.8) is 0 Å². The second kappa shape index (κ2) is 7.14. The third-order valence-corrected chi connectivity index (χ3v) is 1.70. The van der Waals surface area contributed by atoms with Crippen LogP contribution in [-0.4, -0.2) is 49.0 Å². The lowest BCUT2D eigenvalue weighted by atomic mass is 10.3. The number of carbonyl (C=O) groups excluding carboxylic acids is 1. The van der Waals surface area contributed by atoms with Gasteiger partial charge in [-0.3, -0.25) is 4.79 Å². The van der Waals surface area contributed by atoms with E-state index in [9.17, 15) is 4.79 Å². The van der Waals surface area contributed by atoms with Gasteiger partial charge >= 0.3 is 0 Å². The van der Waals surface area contributed by atoms with E-state index in [1.165, 1.54) is 0 Å². The highest BCUT2D eigenvalue weighted by molar-refractivity contribution is 5.79. The van der Waals surface area contributed by atoms with Crippen LogP contribution in [0.3, 0.4) is 0 Å². The number of nitrogens with two attached hydrogens (primary N) is 1. The van der Waals surface area contributed by atoms with Gasteiger partial charge < -0.3 is 21.2 Å². The summed E-state index contributed by atoms with van der Waals surface area (Å²) in [6.45, 7) is 1.21. The minimum absolute atomic E-state index is 0.0845. The Bertz CT molecular complexity index is 204. The van der Waals surface area contributed by atoms with Crippen LogP contribution in [0.25, 0.3) is 0 Å². The van der Waals surface area contributed by atoms with Gasteiger partial charge in [-0.05, 0) is 0 Å². The van der Waals surface area contributed by atoms with Crippen LogP contribution in [0.1, 0.15) is 12.8 Å². The summed E-state index contributed by atoms with van der Waals surface area (Å²) >= 11 is 0. The molecular formula is C8H18N4O2. The van der Waals surface area contributed by atoms with Crippen molar-refractivity contribution in [2.45, 2.75) is 12.8 Å². The number of oxime groups is 1. The molecule has 0 aromatic carbocycles. The van der Waals surface area contributed by atoms with E-state index in [4.69, 9.17) is 10.9 Å². The lowest BCUT2D eigenvalue weighted by molar-refractivity contribution is -0.128. The third-order valence-electron chi connectivity index (χ3n) is 1.70. The highest BCUT2D eigenvalue weighted by Gasteiger charge is 2.02. The summed E-state index contributed by atoms with van der Waals surface area (Å²) in [5, 5.41) is 14.1. The molecule has 4 N–H and O–H groups in total. The molecule has 82 valence electrons. The number of hydrogen-bond acceptors (Lipinski definition) is 4. The average Bonchev–Trinajstić information content (AvgIpc) is 2.16. The fourth-order valence-electron chi connectivity index (χ4n) is 0.810. The predicted molar refractivity (Wildman–Crippen MR) is 54.2 cm³/mol. The van der Waals surface area contributed by atoms with Crippen molar-refractivity contribution in [1.29, 1.82) is 0 Å². The van der Waals surface area contributed by atoms with Crippen LogP contribution in [0, 0.1) is 0 Å². The topological polar surface area (TPSA) is 91.0 Å². The number of carbonyl (C=O) groups is 1. The first-order valence-corrected chi connectivity index (χ1v) is 4.45. The molecular weight excluding hydrogens is 184 g/mol. The van der Waals surface area contributed by atoms with Crippen LogP contribution in [0.5, 0.6) is 0 Å². The van der Waals surface area contributed by atoms with Crippen LogP contribution >= 0.6 is 0 Å². The Kier molecular flexibility index (Phi) is 6.47. The van der Waals surface area contributed by atoms with Crippen LogP contribution in [0.2, 0.25) is 0 Å². The van der Waals surface area contributed by atoms with E-state index in [1.54, 1.807) is 19.0 Å². The summed E-state index contributed by atoms with van der Waals surface area (Å²) in [6.07, 6.45) is 0.940. The highest BCUT2D eigenvalue weighted by Crippen LogP contribution is 1.85. The molecule has 0 radical (unpaired) electrons. The van der Waals surface area contributed by atoms with Crippen molar-refractivity contribution in [3.8, 4) is 0 Å². The molecule has 0 unspecified atom stereocenters. The first kappa shape index (κ1) is 12.7. The monoisotopic (exact) mass is 202 g/mol. The van der Waals surface area contributed by atoms with Crippen molar-refractivity contribution in [2.75, 3.05) is 27.2 Å². The second-order valence-electron chi connectivity index (χ2n) is 3.13. The van der Waals surface area contributed by atoms with Gasteiger partial charge in [0.2, 0.25) is 5.91 Å². The van der Waals surface area contributed by atoms with Gasteiger partial charge in [0.05, 0.1) is 0 Å². The zero-order chi connectivity index (χ0) is 11.0. The Morgan fingerprint density at radius 2 is 2.00 bits per heavy atom. The number of amidine groups is 1. The SMILES string of the molecule is CN(C)C(=O)CCNCCC(N)=NO. The number of hydrogen-bond donors (Lipinski definition) is 3. The lowest BCUT2D eigenvalue weighted by Gasteiger charge is -2.10. The Morgan fingerprint density at radius 3 is 2.50 bits per heavy atom. The normalized spacial score (nSPS) is 11.4. The number of nitrogens with one attached hydrogen (secondary N) is 1. The van der Waals surface area contributed by atoms with Crippen LogP contribution in [-0.2, 0) is 4.79 Å². The minimum atomic E-state index is 0.0845. The molecule has 0 heterocycles. The minimum Gasteiger partial charge on any atom is -0.409 e. The lowest BCUT2D eigenvalue weighted by Crippen LogP contribution is -2.28. The molecule has 0 rings (SSSR count). The van der Waals surface area contributed by atoms with Crippen molar-refractivity contribution >= 4 is 11.7 Å². The van der Waals surface area contributed by atoms with Crippen LogP contribution in [0.15, 0.2) is 5.16 Å². The number of amides is 1. The summed E-state index contributed by atoms with van der Waals surface area (Å²) in [5.41, 5.74) is 5.25. The predicted octanol–water partition coefficient (Wildman–Crippen LogP) is -0.809. The van der Waals surface area contributed by atoms with Crippen molar-refractivity contribution in [1.82, 2.24) is 10.2 Å². The summed E-state index contributed by atoms with van der Waals surface area (Å²) in [4.78, 5) is 12.6. The fourth-order valence-corrected chi connectivity index (χ4v) is 0.810. The molecule has 0 saturated heterocycles. The summed E-state index contributed by atoms with van der Waals surface area (Å²) < 4.78 is 0. The molecule has 0 aliphatic rings. The van der Waals surface area contributed by atoms with Crippen LogP contribution in [0.4, 0.5) is 0 Å². The molecule has 0 atom stereocenters. The Morgan fingerprint density at radius 1 is 1.43 bits per heavy atom. The molecule has 0 spiro atoms. The first-order chi connectivity index (χ1) is 6.57. The summed E-state index contributed by atoms with van der Waals surface area (Å²) in [7, 11) is 3.44. The van der Waals surface area contributed by atoms with Gasteiger partial charge in [-0.2, -0.15) is 0 Å². The summed E-state index contributed by atoms with van der Waals surface area (Å²) in [6, 6.07) is 0. The molecule has 1 amide bonds. The van der Waals surface area contributed by atoms with E-state index in [0.717, 1.165) is 0 Å².